The number of hydrogen-bond acceptors (Lipinski definition) is 6. The zero-order chi connectivity index (χ0) is 18.2. The molecule has 1 N–H and O–H groups in total. The number of esters is 1. The molecule has 0 unspecified atom stereocenters. The van der Waals surface area contributed by atoms with Crippen molar-refractivity contribution in [3.8, 4) is 0 Å². The topological polar surface area (TPSA) is 81.4 Å². The zero-order valence-electron chi connectivity index (χ0n) is 14.6. The minimum atomic E-state index is -0.417. The van der Waals surface area contributed by atoms with Crippen LogP contribution in [0.4, 0.5) is 0 Å². The largest absolute Gasteiger partial charge is 0.455 e. The Morgan fingerprint density at radius 3 is 2.64 bits per heavy atom. The Kier molecular flexibility index (Phi) is 7.06. The van der Waals surface area contributed by atoms with Gasteiger partial charge in [0, 0.05) is 11.3 Å². The van der Waals surface area contributed by atoms with E-state index in [2.05, 4.69) is 10.5 Å². The number of carbonyl (C=O) groups excluding carboxylic acids is 2. The zero-order valence-corrected chi connectivity index (χ0v) is 15.4. The van der Waals surface area contributed by atoms with E-state index in [4.69, 9.17) is 9.26 Å². The van der Waals surface area contributed by atoms with Gasteiger partial charge in [0.25, 0.3) is 5.91 Å². The van der Waals surface area contributed by atoms with E-state index in [1.165, 1.54) is 11.8 Å². The van der Waals surface area contributed by atoms with Crippen LogP contribution in [-0.4, -0.2) is 29.4 Å². The molecule has 0 spiro atoms. The fraction of sp³-hybridized carbons (Fsp3) is 0.389. The maximum absolute atomic E-state index is 11.9. The first kappa shape index (κ1) is 19.1. The summed E-state index contributed by atoms with van der Waals surface area (Å²) in [5, 5.41) is 6.67. The number of hydrogen-bond donors (Lipinski definition) is 1. The van der Waals surface area contributed by atoms with E-state index < -0.39 is 5.97 Å². The summed E-state index contributed by atoms with van der Waals surface area (Å²) in [7, 11) is 0. The van der Waals surface area contributed by atoms with Gasteiger partial charge in [0.05, 0.1) is 17.5 Å². The lowest BCUT2D eigenvalue weighted by atomic mass is 10.1. The fourth-order valence-electron chi connectivity index (χ4n) is 2.24. The van der Waals surface area contributed by atoms with Crippen LogP contribution in [0.2, 0.25) is 0 Å². The predicted molar refractivity (Wildman–Crippen MR) is 96.1 cm³/mol. The highest BCUT2D eigenvalue weighted by Crippen LogP contribution is 2.19. The Morgan fingerprint density at radius 1 is 1.28 bits per heavy atom. The number of benzene rings is 1. The molecule has 2 rings (SSSR count). The Hall–Kier alpha value is -2.28. The van der Waals surface area contributed by atoms with Crippen molar-refractivity contribution in [3.05, 3.63) is 52.9 Å². The molecule has 0 saturated heterocycles. The second kappa shape index (κ2) is 9.27. The second-order valence-corrected chi connectivity index (χ2v) is 6.64. The first-order valence-corrected chi connectivity index (χ1v) is 9.12. The van der Waals surface area contributed by atoms with Gasteiger partial charge in [-0.3, -0.25) is 9.59 Å². The summed E-state index contributed by atoms with van der Waals surface area (Å²) in [6.45, 7) is 5.31. The van der Waals surface area contributed by atoms with E-state index in [0.29, 0.717) is 5.75 Å². The molecule has 1 aromatic carbocycles. The highest BCUT2D eigenvalue weighted by Gasteiger charge is 2.13. The molecule has 2 aromatic rings. The molecule has 0 aliphatic rings. The Balaban J connectivity index is 1.66. The molecule has 6 nitrogen and oxygen atoms in total. The minimum absolute atomic E-state index is 0.138. The predicted octanol–water partition coefficient (Wildman–Crippen LogP) is 2.95. The van der Waals surface area contributed by atoms with Crippen molar-refractivity contribution < 1.29 is 18.8 Å². The highest BCUT2D eigenvalue weighted by molar-refractivity contribution is 7.99. The molecular formula is C18H22N2O4S. The summed E-state index contributed by atoms with van der Waals surface area (Å²) in [5.41, 5.74) is 2.82. The van der Waals surface area contributed by atoms with E-state index >= 15 is 0 Å². The monoisotopic (exact) mass is 362 g/mol. The molecule has 1 atom stereocenters. The van der Waals surface area contributed by atoms with Gasteiger partial charge in [0.1, 0.15) is 5.76 Å². The number of nitrogens with one attached hydrogen (secondary N) is 1. The van der Waals surface area contributed by atoms with Gasteiger partial charge in [0.15, 0.2) is 6.61 Å². The van der Waals surface area contributed by atoms with Crippen molar-refractivity contribution in [2.75, 3.05) is 12.4 Å². The first-order chi connectivity index (χ1) is 12.0. The van der Waals surface area contributed by atoms with Crippen LogP contribution in [0.5, 0.6) is 0 Å². The molecule has 25 heavy (non-hydrogen) atoms. The smallest absolute Gasteiger partial charge is 0.316 e. The van der Waals surface area contributed by atoms with Gasteiger partial charge in [-0.15, -0.1) is 11.8 Å². The number of aromatic nitrogens is 1. The van der Waals surface area contributed by atoms with Gasteiger partial charge < -0.3 is 14.6 Å². The summed E-state index contributed by atoms with van der Waals surface area (Å²) in [4.78, 5) is 23.6. The third-order valence-electron chi connectivity index (χ3n) is 3.69. The van der Waals surface area contributed by atoms with E-state index in [0.717, 1.165) is 22.6 Å². The molecule has 0 bridgehead atoms. The van der Waals surface area contributed by atoms with Gasteiger partial charge in [-0.1, -0.05) is 35.5 Å². The molecule has 1 amide bonds. The third kappa shape index (κ3) is 5.94. The summed E-state index contributed by atoms with van der Waals surface area (Å²) in [6.07, 6.45) is 0. The van der Waals surface area contributed by atoms with Crippen LogP contribution in [0.3, 0.4) is 0 Å². The van der Waals surface area contributed by atoms with E-state index in [1.54, 1.807) is 0 Å². The normalized spacial score (nSPS) is 11.8. The van der Waals surface area contributed by atoms with Crippen LogP contribution >= 0.6 is 11.8 Å². The minimum Gasteiger partial charge on any atom is -0.455 e. The summed E-state index contributed by atoms with van der Waals surface area (Å²) >= 11 is 1.40. The van der Waals surface area contributed by atoms with Crippen LogP contribution in [0.25, 0.3) is 0 Å². The Labute approximate surface area is 151 Å². The van der Waals surface area contributed by atoms with Crippen molar-refractivity contribution in [2.24, 2.45) is 0 Å². The SMILES string of the molecule is Cc1noc(C)c1CSCC(=O)OCC(=O)N[C@H](C)c1ccccc1. The lowest BCUT2D eigenvalue weighted by Gasteiger charge is -2.14. The average molecular weight is 362 g/mol. The van der Waals surface area contributed by atoms with Gasteiger partial charge in [-0.05, 0) is 26.3 Å². The summed E-state index contributed by atoms with van der Waals surface area (Å²) < 4.78 is 10.1. The summed E-state index contributed by atoms with van der Waals surface area (Å²) in [6, 6.07) is 9.47. The van der Waals surface area contributed by atoms with E-state index in [1.807, 2.05) is 51.1 Å². The lowest BCUT2D eigenvalue weighted by molar-refractivity contribution is -0.146. The molecule has 0 radical (unpaired) electrons. The number of nitrogens with zero attached hydrogens (tertiary/aromatic N) is 1. The van der Waals surface area contributed by atoms with Crippen molar-refractivity contribution in [3.63, 3.8) is 0 Å². The van der Waals surface area contributed by atoms with Crippen LogP contribution < -0.4 is 5.32 Å². The molecule has 0 aliphatic carbocycles. The van der Waals surface area contributed by atoms with Gasteiger partial charge in [-0.25, -0.2) is 0 Å². The van der Waals surface area contributed by atoms with Crippen LogP contribution in [-0.2, 0) is 20.1 Å². The second-order valence-electron chi connectivity index (χ2n) is 5.66. The Morgan fingerprint density at radius 2 is 2.00 bits per heavy atom. The number of thioether (sulfide) groups is 1. The van der Waals surface area contributed by atoms with Crippen LogP contribution in [0.15, 0.2) is 34.9 Å². The van der Waals surface area contributed by atoms with Gasteiger partial charge in [-0.2, -0.15) is 0 Å². The first-order valence-electron chi connectivity index (χ1n) is 7.96. The molecule has 0 fully saturated rings. The maximum atomic E-state index is 11.9. The summed E-state index contributed by atoms with van der Waals surface area (Å²) in [5.74, 6) is 0.811. The highest BCUT2D eigenvalue weighted by atomic mass is 32.2. The number of rotatable bonds is 8. The molecule has 1 aromatic heterocycles. The molecule has 1 heterocycles. The van der Waals surface area contributed by atoms with Crippen molar-refractivity contribution in [1.82, 2.24) is 10.5 Å². The number of ether oxygens (including phenoxy) is 1. The maximum Gasteiger partial charge on any atom is 0.316 e. The molecule has 7 heteroatoms. The van der Waals surface area contributed by atoms with Crippen molar-refractivity contribution >= 4 is 23.6 Å². The van der Waals surface area contributed by atoms with Crippen molar-refractivity contribution in [2.45, 2.75) is 32.6 Å². The quantitative estimate of drug-likeness (QED) is 0.727. The molecule has 134 valence electrons. The average Bonchev–Trinajstić information content (AvgIpc) is 2.92. The number of aryl methyl sites for hydroxylation is 2. The molecule has 0 saturated carbocycles. The third-order valence-corrected chi connectivity index (χ3v) is 4.62. The molecule has 0 aliphatic heterocycles. The van der Waals surface area contributed by atoms with Crippen LogP contribution in [0, 0.1) is 13.8 Å². The number of amides is 1. The van der Waals surface area contributed by atoms with E-state index in [9.17, 15) is 9.59 Å². The van der Waals surface area contributed by atoms with Crippen molar-refractivity contribution in [1.29, 1.82) is 0 Å². The lowest BCUT2D eigenvalue weighted by Crippen LogP contribution is -2.31. The van der Waals surface area contributed by atoms with E-state index in [-0.39, 0.29) is 24.3 Å². The fourth-order valence-corrected chi connectivity index (χ4v) is 3.21. The van der Waals surface area contributed by atoms with Gasteiger partial charge >= 0.3 is 5.97 Å². The Bertz CT molecular complexity index is 696. The standard InChI is InChI=1S/C18H22N2O4S/c1-12(15-7-5-4-6-8-15)19-17(21)9-23-18(22)11-25-10-16-13(2)20-24-14(16)3/h4-8,12H,9-11H2,1-3H3,(H,19,21)/t12-/m1/s1. The number of carbonyl (C=O) groups is 2. The van der Waals surface area contributed by atoms with Crippen LogP contribution in [0.1, 0.15) is 35.5 Å². The van der Waals surface area contributed by atoms with Gasteiger partial charge in [0.2, 0.25) is 0 Å². The molecular weight excluding hydrogens is 340 g/mol.